The molecule has 0 saturated carbocycles. The number of hydrogen-bond acceptors (Lipinski definition) is 3. The fourth-order valence-electron chi connectivity index (χ4n) is 3.94. The molecule has 142 valence electrons. The van der Waals surface area contributed by atoms with Crippen LogP contribution < -0.4 is 0 Å². The van der Waals surface area contributed by atoms with Gasteiger partial charge in [-0.15, -0.1) is 0 Å². The lowest BCUT2D eigenvalue weighted by molar-refractivity contribution is -0.138. The summed E-state index contributed by atoms with van der Waals surface area (Å²) in [6.45, 7) is 3.04. The number of benzene rings is 1. The molecule has 3 rings (SSSR count). The number of carbonyl (C=O) groups is 2. The summed E-state index contributed by atoms with van der Waals surface area (Å²) in [7, 11) is 4.18. The van der Waals surface area contributed by atoms with E-state index < -0.39 is 0 Å². The molecule has 0 N–H and O–H groups in total. The summed E-state index contributed by atoms with van der Waals surface area (Å²) in [5.74, 6) is 0.409. The van der Waals surface area contributed by atoms with Crippen molar-refractivity contribution in [1.82, 2.24) is 14.7 Å². The van der Waals surface area contributed by atoms with Gasteiger partial charge in [-0.25, -0.2) is 0 Å². The summed E-state index contributed by atoms with van der Waals surface area (Å²) in [6.07, 6.45) is 3.78. The van der Waals surface area contributed by atoms with Crippen molar-refractivity contribution in [2.45, 2.75) is 31.7 Å². The van der Waals surface area contributed by atoms with E-state index in [0.717, 1.165) is 43.2 Å². The van der Waals surface area contributed by atoms with E-state index in [1.807, 2.05) is 34.1 Å². The van der Waals surface area contributed by atoms with Gasteiger partial charge in [0.1, 0.15) is 0 Å². The monoisotopic (exact) mass is 421 g/mol. The van der Waals surface area contributed by atoms with Gasteiger partial charge in [0.25, 0.3) is 5.91 Å². The molecule has 1 aromatic rings. The molecule has 2 fully saturated rings. The van der Waals surface area contributed by atoms with E-state index in [9.17, 15) is 9.59 Å². The molecule has 26 heavy (non-hydrogen) atoms. The van der Waals surface area contributed by atoms with E-state index in [1.54, 1.807) is 0 Å². The van der Waals surface area contributed by atoms with Crippen LogP contribution in [0.15, 0.2) is 28.7 Å². The molecule has 0 radical (unpaired) electrons. The molecule has 6 heteroatoms. The lowest BCUT2D eigenvalue weighted by atomic mass is 9.93. The van der Waals surface area contributed by atoms with Crippen LogP contribution >= 0.6 is 15.9 Å². The van der Waals surface area contributed by atoms with Gasteiger partial charge in [0.15, 0.2) is 0 Å². The largest absolute Gasteiger partial charge is 0.341 e. The van der Waals surface area contributed by atoms with E-state index >= 15 is 0 Å². The lowest BCUT2D eigenvalue weighted by Crippen LogP contribution is -2.51. The van der Waals surface area contributed by atoms with Crippen molar-refractivity contribution < 1.29 is 9.59 Å². The normalized spacial score (nSPS) is 21.9. The smallest absolute Gasteiger partial charge is 0.253 e. The van der Waals surface area contributed by atoms with Crippen LogP contribution in [0.4, 0.5) is 0 Å². The van der Waals surface area contributed by atoms with E-state index in [0.29, 0.717) is 24.7 Å². The Bertz CT molecular complexity index is 639. The van der Waals surface area contributed by atoms with Gasteiger partial charge >= 0.3 is 0 Å². The van der Waals surface area contributed by atoms with Crippen LogP contribution in [0.5, 0.6) is 0 Å². The molecular formula is C20H28BrN3O2. The van der Waals surface area contributed by atoms with Crippen LogP contribution in [0.25, 0.3) is 0 Å². The average molecular weight is 422 g/mol. The van der Waals surface area contributed by atoms with Gasteiger partial charge < -0.3 is 14.7 Å². The highest BCUT2D eigenvalue weighted by molar-refractivity contribution is 9.10. The third-order valence-corrected chi connectivity index (χ3v) is 6.19. The van der Waals surface area contributed by atoms with E-state index in [-0.39, 0.29) is 17.7 Å². The maximum absolute atomic E-state index is 12.9. The summed E-state index contributed by atoms with van der Waals surface area (Å²) >= 11 is 3.40. The Kier molecular flexibility index (Phi) is 6.35. The van der Waals surface area contributed by atoms with Gasteiger partial charge in [0.05, 0.1) is 0 Å². The fraction of sp³-hybridized carbons (Fsp3) is 0.600. The minimum Gasteiger partial charge on any atom is -0.341 e. The Hall–Kier alpha value is -1.40. The topological polar surface area (TPSA) is 43.9 Å². The zero-order valence-corrected chi connectivity index (χ0v) is 17.2. The summed E-state index contributed by atoms with van der Waals surface area (Å²) in [4.78, 5) is 31.7. The molecule has 0 aromatic heterocycles. The van der Waals surface area contributed by atoms with Crippen molar-refractivity contribution in [3.8, 4) is 0 Å². The number of hydrogen-bond donors (Lipinski definition) is 0. The van der Waals surface area contributed by atoms with Gasteiger partial charge in [0.2, 0.25) is 5.91 Å². The third kappa shape index (κ3) is 4.46. The first-order chi connectivity index (χ1) is 12.5. The zero-order valence-electron chi connectivity index (χ0n) is 15.7. The average Bonchev–Trinajstić information content (AvgIpc) is 2.67. The van der Waals surface area contributed by atoms with E-state index in [2.05, 4.69) is 34.9 Å². The molecule has 2 aliphatic heterocycles. The number of rotatable bonds is 3. The van der Waals surface area contributed by atoms with Crippen LogP contribution in [0, 0.1) is 5.92 Å². The van der Waals surface area contributed by atoms with Gasteiger partial charge in [-0.3, -0.25) is 9.59 Å². The van der Waals surface area contributed by atoms with Crippen LogP contribution in [0.3, 0.4) is 0 Å². The highest BCUT2D eigenvalue weighted by atomic mass is 79.9. The Balaban J connectivity index is 1.53. The maximum atomic E-state index is 12.9. The summed E-state index contributed by atoms with van der Waals surface area (Å²) in [6, 6.07) is 7.94. The number of nitrogens with zero attached hydrogens (tertiary/aromatic N) is 3. The maximum Gasteiger partial charge on any atom is 0.253 e. The van der Waals surface area contributed by atoms with Gasteiger partial charge in [-0.2, -0.15) is 0 Å². The molecule has 5 nitrogen and oxygen atoms in total. The minimum absolute atomic E-state index is 0.0601. The van der Waals surface area contributed by atoms with Crippen LogP contribution in [-0.2, 0) is 4.79 Å². The first kappa shape index (κ1) is 19.4. The van der Waals surface area contributed by atoms with Gasteiger partial charge in [-0.1, -0.05) is 15.9 Å². The molecule has 1 unspecified atom stereocenters. The molecule has 2 amide bonds. The van der Waals surface area contributed by atoms with Gasteiger partial charge in [-0.05, 0) is 64.0 Å². The Morgan fingerprint density at radius 1 is 1.00 bits per heavy atom. The summed E-state index contributed by atoms with van der Waals surface area (Å²) in [5, 5.41) is 0. The van der Waals surface area contributed by atoms with Crippen molar-refractivity contribution in [2.24, 2.45) is 5.92 Å². The number of halogens is 1. The standard InChI is InChI=1S/C20H28BrN3O2/c1-22(2)18-4-3-11-24(14-18)20(26)16-9-12-23(13-10-16)19(25)15-5-7-17(21)8-6-15/h5-8,16,18H,3-4,9-14H2,1-2H3. The third-order valence-electron chi connectivity index (χ3n) is 5.66. The second-order valence-electron chi connectivity index (χ2n) is 7.62. The molecule has 0 aliphatic carbocycles. The number of amides is 2. The zero-order chi connectivity index (χ0) is 18.7. The lowest BCUT2D eigenvalue weighted by Gasteiger charge is -2.39. The van der Waals surface area contributed by atoms with Crippen molar-refractivity contribution in [3.63, 3.8) is 0 Å². The molecule has 2 aliphatic rings. The van der Waals surface area contributed by atoms with Crippen molar-refractivity contribution in [3.05, 3.63) is 34.3 Å². The molecule has 1 atom stereocenters. The summed E-state index contributed by atoms with van der Waals surface area (Å²) in [5.41, 5.74) is 0.711. The molecular weight excluding hydrogens is 394 g/mol. The first-order valence-corrected chi connectivity index (χ1v) is 10.2. The highest BCUT2D eigenvalue weighted by Crippen LogP contribution is 2.24. The highest BCUT2D eigenvalue weighted by Gasteiger charge is 2.33. The number of likely N-dealkylation sites (tertiary alicyclic amines) is 2. The minimum atomic E-state index is 0.0601. The van der Waals surface area contributed by atoms with Crippen molar-refractivity contribution >= 4 is 27.7 Å². The van der Waals surface area contributed by atoms with Crippen molar-refractivity contribution in [2.75, 3.05) is 40.3 Å². The van der Waals surface area contributed by atoms with Crippen LogP contribution in [-0.4, -0.2) is 72.8 Å². The van der Waals surface area contributed by atoms with Gasteiger partial charge in [0, 0.05) is 48.2 Å². The first-order valence-electron chi connectivity index (χ1n) is 9.46. The van der Waals surface area contributed by atoms with E-state index in [1.165, 1.54) is 0 Å². The van der Waals surface area contributed by atoms with Crippen molar-refractivity contribution in [1.29, 1.82) is 0 Å². The molecule has 2 heterocycles. The Morgan fingerprint density at radius 3 is 2.27 bits per heavy atom. The number of carbonyl (C=O) groups excluding carboxylic acids is 2. The number of likely N-dealkylation sites (N-methyl/N-ethyl adjacent to an activating group) is 1. The Labute approximate surface area is 164 Å². The SMILES string of the molecule is CN(C)C1CCCN(C(=O)C2CCN(C(=O)c3ccc(Br)cc3)CC2)C1. The Morgan fingerprint density at radius 2 is 1.65 bits per heavy atom. The second kappa shape index (κ2) is 8.53. The molecule has 0 bridgehead atoms. The predicted octanol–water partition coefficient (Wildman–Crippen LogP) is 2.85. The molecule has 1 aromatic carbocycles. The predicted molar refractivity (Wildman–Crippen MR) is 106 cm³/mol. The number of piperidine rings is 2. The fourth-order valence-corrected chi connectivity index (χ4v) is 4.20. The molecule has 2 saturated heterocycles. The molecule has 0 spiro atoms. The summed E-state index contributed by atoms with van der Waals surface area (Å²) < 4.78 is 0.968. The second-order valence-corrected chi connectivity index (χ2v) is 8.53. The van der Waals surface area contributed by atoms with Crippen LogP contribution in [0.1, 0.15) is 36.0 Å². The quantitative estimate of drug-likeness (QED) is 0.753. The van der Waals surface area contributed by atoms with Crippen LogP contribution in [0.2, 0.25) is 0 Å². The van der Waals surface area contributed by atoms with E-state index in [4.69, 9.17) is 0 Å².